The van der Waals surface area contributed by atoms with Crippen molar-refractivity contribution in [2.24, 2.45) is 0 Å². The Bertz CT molecular complexity index is 1100. The van der Waals surface area contributed by atoms with Gasteiger partial charge < -0.3 is 14.2 Å². The monoisotopic (exact) mass is 957 g/mol. The van der Waals surface area contributed by atoms with E-state index in [2.05, 4.69) is 45.1 Å². The molecule has 0 saturated heterocycles. The Morgan fingerprint density at radius 2 is 0.515 bits per heavy atom. The Morgan fingerprint density at radius 1 is 0.279 bits per heavy atom. The molecule has 400 valence electrons. The van der Waals surface area contributed by atoms with Crippen LogP contribution in [0, 0.1) is 0 Å². The molecule has 0 N–H and O–H groups in total. The van der Waals surface area contributed by atoms with Crippen molar-refractivity contribution in [3.05, 3.63) is 24.3 Å². The molecule has 0 aliphatic carbocycles. The van der Waals surface area contributed by atoms with E-state index in [0.29, 0.717) is 19.3 Å². The van der Waals surface area contributed by atoms with E-state index in [4.69, 9.17) is 14.2 Å². The average molecular weight is 958 g/mol. The van der Waals surface area contributed by atoms with Crippen molar-refractivity contribution < 1.29 is 28.6 Å². The molecule has 0 bridgehead atoms. The Morgan fingerprint density at radius 3 is 0.794 bits per heavy atom. The van der Waals surface area contributed by atoms with Gasteiger partial charge in [0.15, 0.2) is 6.10 Å². The predicted molar refractivity (Wildman–Crippen MR) is 293 cm³/mol. The first kappa shape index (κ1) is 65.9. The van der Waals surface area contributed by atoms with Crippen LogP contribution in [0.4, 0.5) is 0 Å². The molecule has 6 nitrogen and oxygen atoms in total. The van der Waals surface area contributed by atoms with Gasteiger partial charge in [-0.2, -0.15) is 0 Å². The molecule has 0 fully saturated rings. The number of carbonyl (C=O) groups excluding carboxylic acids is 3. The average Bonchev–Trinajstić information content (AvgIpc) is 3.34. The van der Waals surface area contributed by atoms with Gasteiger partial charge in [0.1, 0.15) is 13.2 Å². The zero-order valence-corrected chi connectivity index (χ0v) is 45.9. The molecule has 0 aromatic heterocycles. The molecule has 0 aliphatic rings. The maximum Gasteiger partial charge on any atom is 0.306 e. The van der Waals surface area contributed by atoms with E-state index < -0.39 is 6.10 Å². The Hall–Kier alpha value is -2.11. The molecular formula is C62H116O6. The summed E-state index contributed by atoms with van der Waals surface area (Å²) in [5, 5.41) is 0. The highest BCUT2D eigenvalue weighted by atomic mass is 16.6. The normalized spacial score (nSPS) is 12.1. The van der Waals surface area contributed by atoms with Crippen LogP contribution in [0.25, 0.3) is 0 Å². The van der Waals surface area contributed by atoms with Gasteiger partial charge in [-0.1, -0.05) is 276 Å². The van der Waals surface area contributed by atoms with E-state index >= 15 is 0 Å². The number of carbonyl (C=O) groups is 3. The molecular weight excluding hydrogens is 841 g/mol. The molecule has 0 spiro atoms. The van der Waals surface area contributed by atoms with E-state index in [1.807, 2.05) is 0 Å². The summed E-state index contributed by atoms with van der Waals surface area (Å²) < 4.78 is 16.8. The van der Waals surface area contributed by atoms with Crippen LogP contribution in [-0.2, 0) is 28.6 Å². The lowest BCUT2D eigenvalue weighted by molar-refractivity contribution is -0.167. The van der Waals surface area contributed by atoms with Gasteiger partial charge in [-0.25, -0.2) is 0 Å². The second-order valence-electron chi connectivity index (χ2n) is 20.6. The molecule has 68 heavy (non-hydrogen) atoms. The standard InChI is InChI=1S/C62H116O6/c1-4-7-10-13-16-19-22-23-24-25-26-27-28-29-30-31-32-33-34-35-36-37-38-39-41-43-46-49-52-55-61(64)67-58-59(57-66-60(63)54-51-48-45-42-21-18-15-12-9-6-3)68-62(65)56-53-50-47-44-40-20-17-14-11-8-5-2/h12,15,25-26,59H,4-11,13-14,16-24,27-58H2,1-3H3/b15-12-,26-25-. The highest BCUT2D eigenvalue weighted by Crippen LogP contribution is 2.17. The van der Waals surface area contributed by atoms with Crippen molar-refractivity contribution in [3.8, 4) is 0 Å². The van der Waals surface area contributed by atoms with Gasteiger partial charge in [0.25, 0.3) is 0 Å². The van der Waals surface area contributed by atoms with Crippen LogP contribution in [0.3, 0.4) is 0 Å². The molecule has 6 heteroatoms. The Balaban J connectivity index is 4.03. The van der Waals surface area contributed by atoms with Gasteiger partial charge in [0, 0.05) is 19.3 Å². The van der Waals surface area contributed by atoms with Gasteiger partial charge in [-0.05, 0) is 64.2 Å². The zero-order chi connectivity index (χ0) is 49.3. The van der Waals surface area contributed by atoms with Crippen molar-refractivity contribution in [2.45, 2.75) is 341 Å². The summed E-state index contributed by atoms with van der Waals surface area (Å²) in [6.07, 6.45) is 67.8. The molecule has 0 aromatic carbocycles. The van der Waals surface area contributed by atoms with Gasteiger partial charge >= 0.3 is 17.9 Å². The predicted octanol–water partition coefficient (Wildman–Crippen LogP) is 20.3. The number of allylic oxidation sites excluding steroid dienone is 4. The fourth-order valence-corrected chi connectivity index (χ4v) is 9.09. The smallest absolute Gasteiger partial charge is 0.306 e. The van der Waals surface area contributed by atoms with E-state index in [1.165, 1.54) is 225 Å². The van der Waals surface area contributed by atoms with Crippen LogP contribution in [0.5, 0.6) is 0 Å². The SMILES string of the molecule is CCC/C=C\CCCCCCCC(=O)OCC(COC(=O)CCCCCCCCCCCCCCCCCCC/C=C\CCCCCCCCCC)OC(=O)CCCCCCCCCCCCC. The van der Waals surface area contributed by atoms with Gasteiger partial charge in [0.2, 0.25) is 0 Å². The van der Waals surface area contributed by atoms with Crippen LogP contribution in [0.15, 0.2) is 24.3 Å². The lowest BCUT2D eigenvalue weighted by Crippen LogP contribution is -2.30. The number of esters is 3. The molecule has 0 aromatic rings. The van der Waals surface area contributed by atoms with Gasteiger partial charge in [-0.3, -0.25) is 14.4 Å². The first-order valence-electron chi connectivity index (χ1n) is 30.3. The third kappa shape index (κ3) is 54.8. The number of rotatable bonds is 56. The largest absolute Gasteiger partial charge is 0.462 e. The molecule has 0 rings (SSSR count). The maximum atomic E-state index is 12.8. The summed E-state index contributed by atoms with van der Waals surface area (Å²) in [7, 11) is 0. The fourth-order valence-electron chi connectivity index (χ4n) is 9.09. The molecule has 0 heterocycles. The first-order valence-corrected chi connectivity index (χ1v) is 30.3. The van der Waals surface area contributed by atoms with Gasteiger partial charge in [0.05, 0.1) is 0 Å². The minimum Gasteiger partial charge on any atom is -0.462 e. The summed E-state index contributed by atoms with van der Waals surface area (Å²) in [4.78, 5) is 38.0. The summed E-state index contributed by atoms with van der Waals surface area (Å²) in [5.41, 5.74) is 0. The second-order valence-corrected chi connectivity index (χ2v) is 20.6. The molecule has 0 saturated carbocycles. The molecule has 0 radical (unpaired) electrons. The zero-order valence-electron chi connectivity index (χ0n) is 45.9. The number of hydrogen-bond acceptors (Lipinski definition) is 6. The number of hydrogen-bond donors (Lipinski definition) is 0. The summed E-state index contributed by atoms with van der Waals surface area (Å²) in [5.74, 6) is -0.863. The van der Waals surface area contributed by atoms with Crippen molar-refractivity contribution >= 4 is 17.9 Å². The lowest BCUT2D eigenvalue weighted by Gasteiger charge is -2.18. The second kappa shape index (κ2) is 57.5. The topological polar surface area (TPSA) is 78.9 Å². The summed E-state index contributed by atoms with van der Waals surface area (Å²) >= 11 is 0. The van der Waals surface area contributed by atoms with Crippen LogP contribution < -0.4 is 0 Å². The van der Waals surface area contributed by atoms with E-state index in [0.717, 1.165) is 70.6 Å². The van der Waals surface area contributed by atoms with Crippen LogP contribution >= 0.6 is 0 Å². The lowest BCUT2D eigenvalue weighted by atomic mass is 10.0. The molecule has 0 amide bonds. The van der Waals surface area contributed by atoms with Crippen molar-refractivity contribution in [3.63, 3.8) is 0 Å². The molecule has 1 atom stereocenters. The molecule has 1 unspecified atom stereocenters. The maximum absolute atomic E-state index is 12.8. The number of ether oxygens (including phenoxy) is 3. The Kier molecular flexibility index (Phi) is 55.7. The minimum atomic E-state index is -0.768. The first-order chi connectivity index (χ1) is 33.5. The van der Waals surface area contributed by atoms with Gasteiger partial charge in [-0.15, -0.1) is 0 Å². The van der Waals surface area contributed by atoms with Crippen molar-refractivity contribution in [2.75, 3.05) is 13.2 Å². The minimum absolute atomic E-state index is 0.0689. The van der Waals surface area contributed by atoms with E-state index in [9.17, 15) is 14.4 Å². The highest BCUT2D eigenvalue weighted by Gasteiger charge is 2.19. The van der Waals surface area contributed by atoms with Crippen molar-refractivity contribution in [1.82, 2.24) is 0 Å². The Labute approximate surface area is 423 Å². The molecule has 0 aliphatic heterocycles. The summed E-state index contributed by atoms with van der Waals surface area (Å²) in [6.45, 7) is 6.60. The summed E-state index contributed by atoms with van der Waals surface area (Å²) in [6, 6.07) is 0. The van der Waals surface area contributed by atoms with E-state index in [1.54, 1.807) is 0 Å². The quantitative estimate of drug-likeness (QED) is 0.0262. The van der Waals surface area contributed by atoms with Crippen LogP contribution in [-0.4, -0.2) is 37.2 Å². The van der Waals surface area contributed by atoms with E-state index in [-0.39, 0.29) is 31.1 Å². The third-order valence-corrected chi connectivity index (χ3v) is 13.7. The van der Waals surface area contributed by atoms with Crippen LogP contribution in [0.2, 0.25) is 0 Å². The van der Waals surface area contributed by atoms with Crippen molar-refractivity contribution in [1.29, 1.82) is 0 Å². The fraction of sp³-hybridized carbons (Fsp3) is 0.887. The number of unbranched alkanes of at least 4 members (excludes halogenated alkanes) is 41. The third-order valence-electron chi connectivity index (χ3n) is 13.7. The highest BCUT2D eigenvalue weighted by molar-refractivity contribution is 5.71. The van der Waals surface area contributed by atoms with Crippen LogP contribution in [0.1, 0.15) is 335 Å².